The van der Waals surface area contributed by atoms with Crippen molar-refractivity contribution in [2.24, 2.45) is 5.73 Å². The van der Waals surface area contributed by atoms with Gasteiger partial charge in [-0.2, -0.15) is 0 Å². The van der Waals surface area contributed by atoms with E-state index in [0.717, 1.165) is 0 Å². The number of fused-ring (bicyclic) bond motifs is 2. The van der Waals surface area contributed by atoms with Crippen LogP contribution in [0, 0.1) is 0 Å². The summed E-state index contributed by atoms with van der Waals surface area (Å²) in [6.07, 6.45) is 2.48. The van der Waals surface area contributed by atoms with Crippen LogP contribution in [0.5, 0.6) is 0 Å². The van der Waals surface area contributed by atoms with Crippen molar-refractivity contribution in [3.63, 3.8) is 0 Å². The monoisotopic (exact) mass is 337 g/mol. The molecule has 0 saturated carbocycles. The molecule has 3 aromatic carbocycles. The molecule has 25 heavy (non-hydrogen) atoms. The predicted octanol–water partition coefficient (Wildman–Crippen LogP) is 6.08. The highest BCUT2D eigenvalue weighted by Gasteiger charge is 2.19. The summed E-state index contributed by atoms with van der Waals surface area (Å²) < 4.78 is 0. The zero-order valence-electron chi connectivity index (χ0n) is 15.3. The molecule has 0 bridgehead atoms. The lowest BCUT2D eigenvalue weighted by Gasteiger charge is -2.25. The second-order valence-electron chi connectivity index (χ2n) is 7.09. The fourth-order valence-electron chi connectivity index (χ4n) is 3.12. The van der Waals surface area contributed by atoms with E-state index < -0.39 is 6.09 Å². The first-order valence-corrected chi connectivity index (χ1v) is 8.75. The molecular formula is C22H27NO2. The molecule has 3 rings (SSSR count). The van der Waals surface area contributed by atoms with Crippen LogP contribution < -0.4 is 5.73 Å². The van der Waals surface area contributed by atoms with E-state index in [1.807, 2.05) is 0 Å². The summed E-state index contributed by atoms with van der Waals surface area (Å²) in [6, 6.07) is 20.2. The van der Waals surface area contributed by atoms with Gasteiger partial charge >= 0.3 is 6.09 Å². The van der Waals surface area contributed by atoms with E-state index in [-0.39, 0.29) is 5.41 Å². The number of amides is 1. The topological polar surface area (TPSA) is 63.3 Å². The molecule has 0 heterocycles. The van der Waals surface area contributed by atoms with Crippen LogP contribution in [0.15, 0.2) is 54.6 Å². The van der Waals surface area contributed by atoms with Gasteiger partial charge in [0.15, 0.2) is 0 Å². The SMILES string of the molecule is CCCCC(C)(C)c1ccc2cc3ccccc3cc2c1.NC(=O)O. The molecule has 0 aliphatic carbocycles. The fraction of sp³-hybridized carbons (Fsp3) is 0.318. The lowest BCUT2D eigenvalue weighted by Crippen LogP contribution is -2.16. The largest absolute Gasteiger partial charge is 0.465 e. The molecule has 0 aliphatic heterocycles. The molecule has 0 spiro atoms. The zero-order chi connectivity index (χ0) is 18.4. The van der Waals surface area contributed by atoms with E-state index in [2.05, 4.69) is 81.1 Å². The third kappa shape index (κ3) is 4.96. The zero-order valence-corrected chi connectivity index (χ0v) is 15.3. The summed E-state index contributed by atoms with van der Waals surface area (Å²) in [7, 11) is 0. The number of hydrogen-bond donors (Lipinski definition) is 2. The van der Waals surface area contributed by atoms with Crippen molar-refractivity contribution in [2.75, 3.05) is 0 Å². The molecule has 0 unspecified atom stereocenters. The van der Waals surface area contributed by atoms with E-state index in [4.69, 9.17) is 9.90 Å². The summed E-state index contributed by atoms with van der Waals surface area (Å²) >= 11 is 0. The number of nitrogens with two attached hydrogens (primary N) is 1. The van der Waals surface area contributed by atoms with Crippen molar-refractivity contribution in [1.82, 2.24) is 0 Å². The second kappa shape index (κ2) is 8.02. The highest BCUT2D eigenvalue weighted by Crippen LogP contribution is 2.32. The summed E-state index contributed by atoms with van der Waals surface area (Å²) in [4.78, 5) is 8.78. The minimum Gasteiger partial charge on any atom is -0.465 e. The third-order valence-corrected chi connectivity index (χ3v) is 4.64. The average Bonchev–Trinajstić information content (AvgIpc) is 2.57. The molecule has 0 atom stereocenters. The van der Waals surface area contributed by atoms with Gasteiger partial charge in [0.25, 0.3) is 0 Å². The first kappa shape index (κ1) is 18.8. The van der Waals surface area contributed by atoms with Crippen molar-refractivity contribution in [3.05, 3.63) is 60.2 Å². The van der Waals surface area contributed by atoms with Crippen LogP contribution in [0.25, 0.3) is 21.5 Å². The Labute approximate surface area is 149 Å². The number of carbonyl (C=O) groups is 1. The molecule has 0 fully saturated rings. The Kier molecular flexibility index (Phi) is 6.02. The normalized spacial score (nSPS) is 11.2. The van der Waals surface area contributed by atoms with Gasteiger partial charge in [0.2, 0.25) is 0 Å². The Balaban J connectivity index is 0.000000511. The van der Waals surface area contributed by atoms with Crippen LogP contribution in [-0.4, -0.2) is 11.2 Å². The fourth-order valence-corrected chi connectivity index (χ4v) is 3.12. The van der Waals surface area contributed by atoms with Crippen LogP contribution >= 0.6 is 0 Å². The minimum absolute atomic E-state index is 0.260. The van der Waals surface area contributed by atoms with Gasteiger partial charge in [0.05, 0.1) is 0 Å². The van der Waals surface area contributed by atoms with Crippen molar-refractivity contribution < 1.29 is 9.90 Å². The molecule has 0 aliphatic rings. The van der Waals surface area contributed by atoms with Crippen LogP contribution in [0.2, 0.25) is 0 Å². The molecular weight excluding hydrogens is 310 g/mol. The maximum Gasteiger partial charge on any atom is 0.402 e. The van der Waals surface area contributed by atoms with E-state index in [1.165, 1.54) is 46.4 Å². The van der Waals surface area contributed by atoms with Crippen molar-refractivity contribution in [2.45, 2.75) is 45.4 Å². The maximum atomic E-state index is 8.78. The first-order chi connectivity index (χ1) is 11.8. The Morgan fingerprint density at radius 1 is 0.960 bits per heavy atom. The van der Waals surface area contributed by atoms with Gasteiger partial charge in [0.1, 0.15) is 0 Å². The average molecular weight is 337 g/mol. The van der Waals surface area contributed by atoms with Gasteiger partial charge in [-0.15, -0.1) is 0 Å². The molecule has 3 aromatic rings. The van der Waals surface area contributed by atoms with Gasteiger partial charge in [-0.1, -0.05) is 76.1 Å². The van der Waals surface area contributed by atoms with Gasteiger partial charge < -0.3 is 10.8 Å². The van der Waals surface area contributed by atoms with Crippen LogP contribution in [0.4, 0.5) is 4.79 Å². The highest BCUT2D eigenvalue weighted by atomic mass is 16.4. The van der Waals surface area contributed by atoms with Crippen LogP contribution in [0.1, 0.15) is 45.6 Å². The smallest absolute Gasteiger partial charge is 0.402 e. The van der Waals surface area contributed by atoms with Gasteiger partial charge in [-0.05, 0) is 51.1 Å². The summed E-state index contributed by atoms with van der Waals surface area (Å²) in [5.41, 5.74) is 5.74. The van der Waals surface area contributed by atoms with Gasteiger partial charge in [-0.25, -0.2) is 4.79 Å². The third-order valence-electron chi connectivity index (χ3n) is 4.64. The number of rotatable bonds is 4. The summed E-state index contributed by atoms with van der Waals surface area (Å²) in [6.45, 7) is 7.00. The number of primary amides is 1. The molecule has 0 saturated heterocycles. The number of hydrogen-bond acceptors (Lipinski definition) is 1. The molecule has 0 aromatic heterocycles. The molecule has 3 heteroatoms. The first-order valence-electron chi connectivity index (χ1n) is 8.75. The Morgan fingerprint density at radius 3 is 2.04 bits per heavy atom. The molecule has 3 N–H and O–H groups in total. The van der Waals surface area contributed by atoms with E-state index in [9.17, 15) is 0 Å². The highest BCUT2D eigenvalue weighted by molar-refractivity contribution is 5.98. The number of unbranched alkanes of at least 4 members (excludes halogenated alkanes) is 1. The van der Waals surface area contributed by atoms with E-state index in [0.29, 0.717) is 0 Å². The quantitative estimate of drug-likeness (QED) is 0.566. The number of benzene rings is 3. The van der Waals surface area contributed by atoms with Crippen molar-refractivity contribution >= 4 is 27.6 Å². The van der Waals surface area contributed by atoms with E-state index >= 15 is 0 Å². The van der Waals surface area contributed by atoms with Crippen molar-refractivity contribution in [3.8, 4) is 0 Å². The van der Waals surface area contributed by atoms with Gasteiger partial charge in [-0.3, -0.25) is 0 Å². The molecule has 3 nitrogen and oxygen atoms in total. The van der Waals surface area contributed by atoms with Crippen LogP contribution in [-0.2, 0) is 5.41 Å². The minimum atomic E-state index is -1.33. The van der Waals surface area contributed by atoms with E-state index in [1.54, 1.807) is 0 Å². The molecule has 1 amide bonds. The number of carboxylic acid groups (broad SMARTS) is 1. The lowest BCUT2D eigenvalue weighted by molar-refractivity contribution is 0.205. The molecule has 0 radical (unpaired) electrons. The van der Waals surface area contributed by atoms with Crippen molar-refractivity contribution in [1.29, 1.82) is 0 Å². The Morgan fingerprint density at radius 2 is 1.48 bits per heavy atom. The second-order valence-corrected chi connectivity index (χ2v) is 7.09. The van der Waals surface area contributed by atoms with Gasteiger partial charge in [0, 0.05) is 0 Å². The lowest BCUT2D eigenvalue weighted by atomic mass is 9.79. The Bertz CT molecular complexity index is 864. The summed E-state index contributed by atoms with van der Waals surface area (Å²) in [5.74, 6) is 0. The van der Waals surface area contributed by atoms with Crippen LogP contribution in [0.3, 0.4) is 0 Å². The summed E-state index contributed by atoms with van der Waals surface area (Å²) in [5, 5.41) is 12.5. The predicted molar refractivity (Wildman–Crippen MR) is 106 cm³/mol. The molecule has 132 valence electrons. The maximum absolute atomic E-state index is 8.78. The standard InChI is InChI=1S/C21H24.CH3NO2/c1-4-5-12-21(2,3)20-11-10-18-13-16-8-6-7-9-17(16)14-19(18)15-20;2-1(3)4/h6-11,13-15H,4-5,12H2,1-3H3;2H2,(H,3,4). The Hall–Kier alpha value is -2.55.